The average Bonchev–Trinajstić information content (AvgIpc) is 2.84. The molecule has 0 spiro atoms. The fourth-order valence-electron chi connectivity index (χ4n) is 3.37. The quantitative estimate of drug-likeness (QED) is 0.499. The summed E-state index contributed by atoms with van der Waals surface area (Å²) in [7, 11) is 3.70. The Morgan fingerprint density at radius 1 is 1.18 bits per heavy atom. The van der Waals surface area contributed by atoms with E-state index in [1.807, 2.05) is 6.07 Å². The molecular weight excluding hydrogens is 476 g/mol. The van der Waals surface area contributed by atoms with E-state index in [0.717, 1.165) is 41.5 Å². The lowest BCUT2D eigenvalue weighted by molar-refractivity contribution is 0.100. The zero-order chi connectivity index (χ0) is 24.1. The summed E-state index contributed by atoms with van der Waals surface area (Å²) in [5.41, 5.74) is 6.48. The van der Waals surface area contributed by atoms with Crippen molar-refractivity contribution < 1.29 is 14.3 Å². The van der Waals surface area contributed by atoms with E-state index in [2.05, 4.69) is 26.8 Å². The third-order valence-corrected chi connectivity index (χ3v) is 6.61. The highest BCUT2D eigenvalue weighted by atomic mass is 35.5. The first kappa shape index (κ1) is 24.1. The molecule has 34 heavy (non-hydrogen) atoms. The number of piperazine rings is 1. The number of carbonyl (C=O) groups excluding carboxylic acids is 1. The van der Waals surface area contributed by atoms with E-state index in [-0.39, 0.29) is 17.2 Å². The van der Waals surface area contributed by atoms with Crippen molar-refractivity contribution in [2.75, 3.05) is 45.2 Å². The van der Waals surface area contributed by atoms with Gasteiger partial charge in [-0.25, -0.2) is 4.98 Å². The van der Waals surface area contributed by atoms with Crippen molar-refractivity contribution in [3.8, 4) is 11.6 Å². The van der Waals surface area contributed by atoms with Crippen LogP contribution in [0.25, 0.3) is 0 Å². The molecule has 0 saturated carbocycles. The highest BCUT2D eigenvalue weighted by molar-refractivity contribution is 7.99. The van der Waals surface area contributed by atoms with E-state index in [9.17, 15) is 4.79 Å². The van der Waals surface area contributed by atoms with Crippen molar-refractivity contribution in [1.82, 2.24) is 19.9 Å². The molecule has 0 atom stereocenters. The van der Waals surface area contributed by atoms with Gasteiger partial charge in [-0.3, -0.25) is 9.78 Å². The van der Waals surface area contributed by atoms with Gasteiger partial charge < -0.3 is 25.0 Å². The molecule has 0 radical (unpaired) electrons. The summed E-state index contributed by atoms with van der Waals surface area (Å²) in [6.45, 7) is 3.82. The molecule has 1 aliphatic heterocycles. The lowest BCUT2D eigenvalue weighted by Crippen LogP contribution is -2.45. The number of ether oxygens (including phenoxy) is 2. The van der Waals surface area contributed by atoms with E-state index in [1.165, 1.54) is 11.8 Å². The summed E-state index contributed by atoms with van der Waals surface area (Å²) < 4.78 is 11.4. The van der Waals surface area contributed by atoms with Gasteiger partial charge in [0.1, 0.15) is 12.4 Å². The largest absolute Gasteiger partial charge is 0.495 e. The number of carbonyl (C=O) groups is 1. The molecule has 2 aromatic heterocycles. The molecular formula is C23H25ClN6O3S. The van der Waals surface area contributed by atoms with Crippen LogP contribution in [0.3, 0.4) is 0 Å². The van der Waals surface area contributed by atoms with Crippen LogP contribution in [0.15, 0.2) is 52.6 Å². The van der Waals surface area contributed by atoms with Crippen LogP contribution in [0, 0.1) is 0 Å². The summed E-state index contributed by atoms with van der Waals surface area (Å²) in [6, 6.07) is 6.94. The number of pyridine rings is 1. The molecule has 0 unspecified atom stereocenters. The molecule has 9 nitrogen and oxygen atoms in total. The Hall–Kier alpha value is -3.08. The predicted molar refractivity (Wildman–Crippen MR) is 131 cm³/mol. The third kappa shape index (κ3) is 5.88. The van der Waals surface area contributed by atoms with Gasteiger partial charge in [-0.1, -0.05) is 23.4 Å². The molecule has 1 aliphatic rings. The van der Waals surface area contributed by atoms with Crippen molar-refractivity contribution in [1.29, 1.82) is 0 Å². The van der Waals surface area contributed by atoms with Crippen molar-refractivity contribution >= 4 is 35.2 Å². The number of hydrogen-bond donors (Lipinski definition) is 1. The molecule has 1 fully saturated rings. The molecule has 1 aromatic carbocycles. The summed E-state index contributed by atoms with van der Waals surface area (Å²) in [5, 5.41) is 0.289. The van der Waals surface area contributed by atoms with E-state index in [0.29, 0.717) is 17.6 Å². The number of primary amides is 1. The number of benzene rings is 1. The minimum absolute atomic E-state index is 0.262. The van der Waals surface area contributed by atoms with Crippen LogP contribution < -0.4 is 20.1 Å². The Labute approximate surface area is 207 Å². The molecule has 4 rings (SSSR count). The third-order valence-electron chi connectivity index (χ3n) is 5.31. The molecule has 3 aromatic rings. The number of likely N-dealkylation sites (N-methyl/N-ethyl adjacent to an activating group) is 1. The van der Waals surface area contributed by atoms with Crippen LogP contribution in [-0.2, 0) is 6.61 Å². The highest BCUT2D eigenvalue weighted by Gasteiger charge is 2.20. The maximum Gasteiger partial charge on any atom is 0.250 e. The normalized spacial score (nSPS) is 14.1. The number of amides is 1. The molecule has 11 heteroatoms. The average molecular weight is 501 g/mol. The standard InChI is InChI=1S/C23H25ClN6O3S/c1-29-5-7-30(8-6-29)23-27-13-20(34-17-3-4-18(21(25)31)19(24)10-17)22(28-23)33-14-15-9-16(32-2)12-26-11-15/h3-4,9-13H,5-8,14H2,1-2H3,(H2,25,31). The van der Waals surface area contributed by atoms with Gasteiger partial charge >= 0.3 is 0 Å². The Morgan fingerprint density at radius 3 is 2.68 bits per heavy atom. The molecule has 0 bridgehead atoms. The Kier molecular flexibility index (Phi) is 7.71. The summed E-state index contributed by atoms with van der Waals surface area (Å²) >= 11 is 7.63. The van der Waals surface area contributed by atoms with Crippen LogP contribution in [0.4, 0.5) is 5.95 Å². The van der Waals surface area contributed by atoms with E-state index in [4.69, 9.17) is 31.8 Å². The number of nitrogens with zero attached hydrogens (tertiary/aromatic N) is 5. The first-order valence-corrected chi connectivity index (χ1v) is 11.8. The minimum atomic E-state index is -0.572. The molecule has 0 aliphatic carbocycles. The van der Waals surface area contributed by atoms with E-state index >= 15 is 0 Å². The monoisotopic (exact) mass is 500 g/mol. The van der Waals surface area contributed by atoms with Crippen LogP contribution in [0.2, 0.25) is 5.02 Å². The second-order valence-corrected chi connectivity index (χ2v) is 9.28. The van der Waals surface area contributed by atoms with Gasteiger partial charge in [-0.15, -0.1) is 0 Å². The number of hydrogen-bond acceptors (Lipinski definition) is 9. The van der Waals surface area contributed by atoms with Crippen LogP contribution in [0.5, 0.6) is 11.6 Å². The predicted octanol–water partition coefficient (Wildman–Crippen LogP) is 3.11. The van der Waals surface area contributed by atoms with Crippen molar-refractivity contribution in [3.05, 3.63) is 59.0 Å². The topological polar surface area (TPSA) is 107 Å². The summed E-state index contributed by atoms with van der Waals surface area (Å²) in [5.74, 6) is 1.16. The van der Waals surface area contributed by atoms with E-state index < -0.39 is 5.91 Å². The number of nitrogens with two attached hydrogens (primary N) is 1. The Morgan fingerprint density at radius 2 is 1.97 bits per heavy atom. The Bertz CT molecular complexity index is 1170. The first-order chi connectivity index (χ1) is 16.4. The van der Waals surface area contributed by atoms with Gasteiger partial charge in [0.2, 0.25) is 17.7 Å². The smallest absolute Gasteiger partial charge is 0.250 e. The second-order valence-electron chi connectivity index (χ2n) is 7.76. The SMILES string of the molecule is COc1cncc(COc2nc(N3CCN(C)CC3)ncc2Sc2ccc(C(N)=O)c(Cl)c2)c1. The lowest BCUT2D eigenvalue weighted by atomic mass is 10.2. The summed E-state index contributed by atoms with van der Waals surface area (Å²) in [6.07, 6.45) is 5.11. The second kappa shape index (κ2) is 10.9. The van der Waals surface area contributed by atoms with Gasteiger partial charge in [0.05, 0.1) is 35.0 Å². The van der Waals surface area contributed by atoms with Crippen molar-refractivity contribution in [2.24, 2.45) is 5.73 Å². The number of aromatic nitrogens is 3. The van der Waals surface area contributed by atoms with Crippen molar-refractivity contribution in [3.63, 3.8) is 0 Å². The number of methoxy groups -OCH3 is 1. The van der Waals surface area contributed by atoms with Gasteiger partial charge in [-0.2, -0.15) is 4.98 Å². The maximum absolute atomic E-state index is 11.5. The number of anilines is 1. The fraction of sp³-hybridized carbons (Fsp3) is 0.304. The van der Waals surface area contributed by atoms with Gasteiger partial charge in [0.15, 0.2) is 0 Å². The van der Waals surface area contributed by atoms with Crippen LogP contribution >= 0.6 is 23.4 Å². The highest BCUT2D eigenvalue weighted by Crippen LogP contribution is 2.36. The maximum atomic E-state index is 11.5. The van der Waals surface area contributed by atoms with Crippen molar-refractivity contribution in [2.45, 2.75) is 16.4 Å². The molecule has 1 saturated heterocycles. The molecule has 2 N–H and O–H groups in total. The van der Waals surface area contributed by atoms with Gasteiger partial charge in [0, 0.05) is 42.8 Å². The van der Waals surface area contributed by atoms with Crippen LogP contribution in [0.1, 0.15) is 15.9 Å². The Balaban J connectivity index is 1.60. The zero-order valence-electron chi connectivity index (χ0n) is 18.9. The van der Waals surface area contributed by atoms with Gasteiger partial charge in [-0.05, 0) is 31.3 Å². The molecule has 1 amide bonds. The fourth-order valence-corrected chi connectivity index (χ4v) is 4.57. The first-order valence-electron chi connectivity index (χ1n) is 10.6. The van der Waals surface area contributed by atoms with Crippen LogP contribution in [-0.4, -0.2) is 66.1 Å². The minimum Gasteiger partial charge on any atom is -0.495 e. The van der Waals surface area contributed by atoms with E-state index in [1.54, 1.807) is 43.9 Å². The zero-order valence-corrected chi connectivity index (χ0v) is 20.5. The molecule has 3 heterocycles. The summed E-state index contributed by atoms with van der Waals surface area (Å²) in [4.78, 5) is 30.9. The number of rotatable bonds is 8. The lowest BCUT2D eigenvalue weighted by Gasteiger charge is -2.32. The molecule has 178 valence electrons. The van der Waals surface area contributed by atoms with Gasteiger partial charge in [0.25, 0.3) is 0 Å². The number of halogens is 1.